The van der Waals surface area contributed by atoms with Gasteiger partial charge < -0.3 is 0 Å². The first-order valence-corrected chi connectivity index (χ1v) is 6.56. The molecule has 2 aromatic rings. The predicted molar refractivity (Wildman–Crippen MR) is 77.4 cm³/mol. The van der Waals surface area contributed by atoms with Crippen molar-refractivity contribution < 1.29 is 9.59 Å². The van der Waals surface area contributed by atoms with E-state index in [1.165, 1.54) is 13.8 Å². The highest BCUT2D eigenvalue weighted by Gasteiger charge is 2.10. The predicted octanol–water partition coefficient (Wildman–Crippen LogP) is 3.92. The van der Waals surface area contributed by atoms with Crippen molar-refractivity contribution in [3.8, 4) is 11.1 Å². The van der Waals surface area contributed by atoms with Gasteiger partial charge in [-0.3, -0.25) is 9.59 Å². The van der Waals surface area contributed by atoms with E-state index in [0.29, 0.717) is 11.4 Å². The van der Waals surface area contributed by atoms with Crippen LogP contribution in [0.5, 0.6) is 0 Å². The summed E-state index contributed by atoms with van der Waals surface area (Å²) in [6.07, 6.45) is 0. The van der Waals surface area contributed by atoms with Crippen molar-refractivity contribution in [3.63, 3.8) is 0 Å². The average molecular weight is 318 g/mol. The number of nitrogens with zero attached hydrogens (tertiary/aromatic N) is 1. The third-order valence-electron chi connectivity index (χ3n) is 2.72. The minimum absolute atomic E-state index is 0.151. The Balaban J connectivity index is 2.59. The number of rotatable bonds is 3. The minimum Gasteiger partial charge on any atom is -0.293 e. The second-order valence-electron chi connectivity index (χ2n) is 4.25. The van der Waals surface area contributed by atoms with Gasteiger partial charge in [0.15, 0.2) is 11.6 Å². The Bertz CT molecular complexity index is 615. The highest BCUT2D eigenvalue weighted by Crippen LogP contribution is 2.23. The van der Waals surface area contributed by atoms with Gasteiger partial charge in [-0.15, -0.1) is 0 Å². The summed E-state index contributed by atoms with van der Waals surface area (Å²) in [4.78, 5) is 27.0. The van der Waals surface area contributed by atoms with Crippen LogP contribution in [0.4, 0.5) is 0 Å². The fourth-order valence-corrected chi connectivity index (χ4v) is 1.96. The van der Waals surface area contributed by atoms with Crippen LogP contribution in [0.15, 0.2) is 40.9 Å². The summed E-state index contributed by atoms with van der Waals surface area (Å²) >= 11 is 3.37. The Morgan fingerprint density at radius 2 is 1.37 bits per heavy atom. The van der Waals surface area contributed by atoms with Gasteiger partial charge in [-0.1, -0.05) is 28.1 Å². The lowest BCUT2D eigenvalue weighted by Gasteiger charge is -2.06. The van der Waals surface area contributed by atoms with E-state index in [2.05, 4.69) is 20.9 Å². The number of carbonyl (C=O) groups excluding carboxylic acids is 2. The van der Waals surface area contributed by atoms with Crippen molar-refractivity contribution in [2.45, 2.75) is 13.8 Å². The molecule has 0 aliphatic carbocycles. The number of hydrogen-bond acceptors (Lipinski definition) is 3. The maximum Gasteiger partial charge on any atom is 0.178 e. The monoisotopic (exact) mass is 317 g/mol. The third kappa shape index (κ3) is 3.15. The largest absolute Gasteiger partial charge is 0.293 e. The normalized spacial score (nSPS) is 10.3. The number of aromatic nitrogens is 1. The van der Waals surface area contributed by atoms with Crippen molar-refractivity contribution in [2.24, 2.45) is 0 Å². The summed E-state index contributed by atoms with van der Waals surface area (Å²) in [5.74, 6) is -0.303. The Morgan fingerprint density at radius 3 is 1.79 bits per heavy atom. The molecule has 0 atom stereocenters. The molecule has 0 saturated carbocycles. The van der Waals surface area contributed by atoms with E-state index in [1.807, 2.05) is 24.3 Å². The van der Waals surface area contributed by atoms with E-state index in [4.69, 9.17) is 0 Å². The molecule has 1 aromatic carbocycles. The molecular formula is C15H12BrNO2. The lowest BCUT2D eigenvalue weighted by Crippen LogP contribution is -2.04. The Hall–Kier alpha value is -1.81. The number of ketones is 2. The summed E-state index contributed by atoms with van der Waals surface area (Å²) in [5.41, 5.74) is 2.38. The molecule has 96 valence electrons. The van der Waals surface area contributed by atoms with Crippen LogP contribution in [0.2, 0.25) is 0 Å². The lowest BCUT2D eigenvalue weighted by molar-refractivity contribution is 0.101. The third-order valence-corrected chi connectivity index (χ3v) is 3.25. The molecule has 0 unspecified atom stereocenters. The SMILES string of the molecule is CC(=O)c1cc(-c2ccc(Br)cc2)cc(C(C)=O)n1. The Morgan fingerprint density at radius 1 is 0.895 bits per heavy atom. The topological polar surface area (TPSA) is 47.0 Å². The molecule has 19 heavy (non-hydrogen) atoms. The van der Waals surface area contributed by atoms with Gasteiger partial charge in [0.25, 0.3) is 0 Å². The Kier molecular flexibility index (Phi) is 3.90. The number of pyridine rings is 1. The molecule has 0 amide bonds. The highest BCUT2D eigenvalue weighted by atomic mass is 79.9. The maximum absolute atomic E-state index is 11.5. The number of halogens is 1. The van der Waals surface area contributed by atoms with E-state index < -0.39 is 0 Å². The summed E-state index contributed by atoms with van der Waals surface area (Å²) in [7, 11) is 0. The highest BCUT2D eigenvalue weighted by molar-refractivity contribution is 9.10. The Labute approximate surface area is 119 Å². The van der Waals surface area contributed by atoms with Crippen LogP contribution >= 0.6 is 15.9 Å². The van der Waals surface area contributed by atoms with E-state index in [-0.39, 0.29) is 11.6 Å². The van der Waals surface area contributed by atoms with Gasteiger partial charge in [-0.25, -0.2) is 4.98 Å². The smallest absolute Gasteiger partial charge is 0.178 e. The summed E-state index contributed by atoms with van der Waals surface area (Å²) in [6.45, 7) is 2.88. The number of carbonyl (C=O) groups is 2. The van der Waals surface area contributed by atoms with Crippen molar-refractivity contribution >= 4 is 27.5 Å². The fourth-order valence-electron chi connectivity index (χ4n) is 1.70. The van der Waals surface area contributed by atoms with Crippen LogP contribution in [0.25, 0.3) is 11.1 Å². The molecule has 0 aliphatic heterocycles. The van der Waals surface area contributed by atoms with Crippen molar-refractivity contribution in [1.29, 1.82) is 0 Å². The van der Waals surface area contributed by atoms with Crippen LogP contribution in [0.3, 0.4) is 0 Å². The van der Waals surface area contributed by atoms with Gasteiger partial charge in [0.2, 0.25) is 0 Å². The summed E-state index contributed by atoms with van der Waals surface area (Å²) < 4.78 is 0.976. The van der Waals surface area contributed by atoms with Gasteiger partial charge in [0.1, 0.15) is 11.4 Å². The van der Waals surface area contributed by atoms with Gasteiger partial charge in [0.05, 0.1) is 0 Å². The average Bonchev–Trinajstić information content (AvgIpc) is 2.39. The second-order valence-corrected chi connectivity index (χ2v) is 5.16. The standard InChI is InChI=1S/C15H12BrNO2/c1-9(18)14-7-12(8-15(17-14)10(2)19)11-3-5-13(16)6-4-11/h3-8H,1-2H3. The summed E-state index contributed by atoms with van der Waals surface area (Å²) in [5, 5.41) is 0. The molecule has 0 spiro atoms. The molecular weight excluding hydrogens is 306 g/mol. The molecule has 0 bridgehead atoms. The first-order chi connectivity index (χ1) is 8.97. The molecule has 1 aromatic heterocycles. The second kappa shape index (κ2) is 5.45. The van der Waals surface area contributed by atoms with Gasteiger partial charge in [-0.2, -0.15) is 0 Å². The minimum atomic E-state index is -0.151. The van der Waals surface area contributed by atoms with E-state index in [1.54, 1.807) is 12.1 Å². The zero-order valence-electron chi connectivity index (χ0n) is 10.6. The van der Waals surface area contributed by atoms with Crippen LogP contribution < -0.4 is 0 Å². The van der Waals surface area contributed by atoms with Crippen LogP contribution in [-0.4, -0.2) is 16.6 Å². The fraction of sp³-hybridized carbons (Fsp3) is 0.133. The zero-order chi connectivity index (χ0) is 14.0. The van der Waals surface area contributed by atoms with Gasteiger partial charge >= 0.3 is 0 Å². The van der Waals surface area contributed by atoms with Crippen LogP contribution in [-0.2, 0) is 0 Å². The number of benzene rings is 1. The van der Waals surface area contributed by atoms with Gasteiger partial charge in [-0.05, 0) is 35.4 Å². The van der Waals surface area contributed by atoms with E-state index in [9.17, 15) is 9.59 Å². The molecule has 1 heterocycles. The lowest BCUT2D eigenvalue weighted by atomic mass is 10.0. The van der Waals surface area contributed by atoms with Gasteiger partial charge in [0, 0.05) is 18.3 Å². The quantitative estimate of drug-likeness (QED) is 0.806. The number of Topliss-reactive ketones (excluding diaryl/α,β-unsaturated/α-hetero) is 2. The first kappa shape index (κ1) is 13.6. The molecule has 0 aliphatic rings. The van der Waals surface area contributed by atoms with E-state index in [0.717, 1.165) is 15.6 Å². The molecule has 0 N–H and O–H groups in total. The van der Waals surface area contributed by atoms with E-state index >= 15 is 0 Å². The van der Waals surface area contributed by atoms with Crippen molar-refractivity contribution in [2.75, 3.05) is 0 Å². The molecule has 2 rings (SSSR count). The first-order valence-electron chi connectivity index (χ1n) is 5.77. The zero-order valence-corrected chi connectivity index (χ0v) is 12.2. The molecule has 0 radical (unpaired) electrons. The molecule has 0 fully saturated rings. The van der Waals surface area contributed by atoms with Crippen molar-refractivity contribution in [3.05, 3.63) is 52.3 Å². The summed E-state index contributed by atoms with van der Waals surface area (Å²) in [6, 6.07) is 11.1. The molecule has 0 saturated heterocycles. The molecule has 3 nitrogen and oxygen atoms in total. The molecule has 4 heteroatoms. The maximum atomic E-state index is 11.5. The van der Waals surface area contributed by atoms with Crippen molar-refractivity contribution in [1.82, 2.24) is 4.98 Å². The van der Waals surface area contributed by atoms with Crippen LogP contribution in [0.1, 0.15) is 34.8 Å². The van der Waals surface area contributed by atoms with Crippen LogP contribution in [0, 0.1) is 0 Å². The number of hydrogen-bond donors (Lipinski definition) is 0.